The van der Waals surface area contributed by atoms with Gasteiger partial charge in [-0.05, 0) is 42.0 Å². The molecule has 1 atom stereocenters. The van der Waals surface area contributed by atoms with Gasteiger partial charge in [0.25, 0.3) is 0 Å². The van der Waals surface area contributed by atoms with E-state index in [-0.39, 0.29) is 29.4 Å². The summed E-state index contributed by atoms with van der Waals surface area (Å²) in [6, 6.07) is 19.4. The van der Waals surface area contributed by atoms with Crippen LogP contribution in [0.5, 0.6) is 0 Å². The van der Waals surface area contributed by atoms with Crippen LogP contribution in [0.15, 0.2) is 86.2 Å². The molecule has 2 aromatic carbocycles. The number of carbonyl (C=O) groups is 2. The maximum absolute atomic E-state index is 12.7. The second-order valence-corrected chi connectivity index (χ2v) is 11.6. The average Bonchev–Trinajstić information content (AvgIpc) is 3.52. The molecule has 9 nitrogen and oxygen atoms in total. The second-order valence-electron chi connectivity index (χ2n) is 8.47. The number of hydrogen-bond acceptors (Lipinski definition) is 8. The number of hydrogen-bond donors (Lipinski definition) is 1. The number of Topliss-reactive ketones (excluding diaryl/α,β-unsaturated/α-hetero) is 1. The molecule has 0 bridgehead atoms. The molecule has 11 heteroatoms. The van der Waals surface area contributed by atoms with Crippen LogP contribution in [0.3, 0.4) is 0 Å². The number of nitrogens with zero attached hydrogens (tertiary/aromatic N) is 3. The molecule has 1 saturated heterocycles. The standard InChI is InChI=1S/C27H28N4O5S2/c1-3-31(4-2)38(34,35)23-13-10-20(11-14-23)24-15-12-22(36-24)18-28-30-27-29-26(33)25(37-27)17-21(32)16-19-8-6-5-7-9-19/h5-15,18,25H,3-4,16-17H2,1-2H3,(H,29,30,33)/b28-18+. The Morgan fingerprint density at radius 3 is 2.45 bits per heavy atom. The predicted octanol–water partition coefficient (Wildman–Crippen LogP) is 4.10. The summed E-state index contributed by atoms with van der Waals surface area (Å²) in [5.74, 6) is 0.701. The minimum atomic E-state index is -3.53. The van der Waals surface area contributed by atoms with Crippen molar-refractivity contribution in [2.24, 2.45) is 10.2 Å². The van der Waals surface area contributed by atoms with E-state index in [1.807, 2.05) is 30.3 Å². The highest BCUT2D eigenvalue weighted by Gasteiger charge is 2.32. The third kappa shape index (κ3) is 6.66. The van der Waals surface area contributed by atoms with Gasteiger partial charge in [0, 0.05) is 31.5 Å². The third-order valence-electron chi connectivity index (χ3n) is 5.88. The molecule has 1 amide bonds. The number of furan rings is 1. The predicted molar refractivity (Wildman–Crippen MR) is 149 cm³/mol. The van der Waals surface area contributed by atoms with Crippen molar-refractivity contribution in [3.63, 3.8) is 0 Å². The third-order valence-corrected chi connectivity index (χ3v) is 9.01. The van der Waals surface area contributed by atoms with Gasteiger partial charge in [0.05, 0.1) is 16.4 Å². The number of sulfonamides is 1. The number of ketones is 1. The first-order chi connectivity index (χ1) is 18.3. The summed E-state index contributed by atoms with van der Waals surface area (Å²) < 4.78 is 32.5. The fraction of sp³-hybridized carbons (Fsp3) is 0.259. The zero-order valence-corrected chi connectivity index (χ0v) is 22.7. The van der Waals surface area contributed by atoms with Crippen LogP contribution in [0, 0.1) is 0 Å². The zero-order valence-electron chi connectivity index (χ0n) is 21.0. The van der Waals surface area contributed by atoms with Crippen molar-refractivity contribution in [1.82, 2.24) is 9.62 Å². The largest absolute Gasteiger partial charge is 0.455 e. The van der Waals surface area contributed by atoms with E-state index < -0.39 is 15.3 Å². The number of benzene rings is 2. The van der Waals surface area contributed by atoms with E-state index in [2.05, 4.69) is 15.5 Å². The summed E-state index contributed by atoms with van der Waals surface area (Å²) in [5.41, 5.74) is 1.63. The topological polar surface area (TPSA) is 121 Å². The van der Waals surface area contributed by atoms with Crippen molar-refractivity contribution in [2.75, 3.05) is 13.1 Å². The van der Waals surface area contributed by atoms with Crippen LogP contribution in [0.1, 0.15) is 31.6 Å². The summed E-state index contributed by atoms with van der Waals surface area (Å²) in [5, 5.41) is 10.5. The summed E-state index contributed by atoms with van der Waals surface area (Å²) in [7, 11) is -3.53. The average molecular weight is 553 g/mol. The Morgan fingerprint density at radius 2 is 1.76 bits per heavy atom. The van der Waals surface area contributed by atoms with Gasteiger partial charge in [-0.2, -0.15) is 9.41 Å². The van der Waals surface area contributed by atoms with Crippen LogP contribution < -0.4 is 5.32 Å². The normalized spacial score (nSPS) is 17.0. The second kappa shape index (κ2) is 12.3. The number of thioether (sulfide) groups is 1. The lowest BCUT2D eigenvalue weighted by Crippen LogP contribution is -2.30. The minimum Gasteiger partial charge on any atom is -0.455 e. The van der Waals surface area contributed by atoms with Crippen molar-refractivity contribution in [1.29, 1.82) is 0 Å². The lowest BCUT2D eigenvalue weighted by molar-refractivity contribution is -0.123. The van der Waals surface area contributed by atoms with Gasteiger partial charge in [-0.15, -0.1) is 5.10 Å². The zero-order chi connectivity index (χ0) is 27.1. The molecule has 1 aromatic heterocycles. The van der Waals surface area contributed by atoms with E-state index in [0.717, 1.165) is 11.1 Å². The van der Waals surface area contributed by atoms with E-state index in [0.29, 0.717) is 29.8 Å². The van der Waals surface area contributed by atoms with Crippen LogP contribution in [0.4, 0.5) is 0 Å². The van der Waals surface area contributed by atoms with Crippen molar-refractivity contribution >= 4 is 44.9 Å². The molecule has 1 fully saturated rings. The maximum atomic E-state index is 12.7. The van der Waals surface area contributed by atoms with E-state index >= 15 is 0 Å². The molecule has 0 aliphatic carbocycles. The Bertz CT molecular complexity index is 1440. The fourth-order valence-corrected chi connectivity index (χ4v) is 6.32. The lowest BCUT2D eigenvalue weighted by atomic mass is 10.1. The van der Waals surface area contributed by atoms with Crippen molar-refractivity contribution in [3.05, 3.63) is 78.1 Å². The first-order valence-corrected chi connectivity index (χ1v) is 14.5. The number of amidine groups is 1. The highest BCUT2D eigenvalue weighted by atomic mass is 32.2. The van der Waals surface area contributed by atoms with Gasteiger partial charge >= 0.3 is 0 Å². The molecule has 2 heterocycles. The van der Waals surface area contributed by atoms with Crippen LogP contribution in [0.2, 0.25) is 0 Å². The molecule has 4 rings (SSSR count). The van der Waals surface area contributed by atoms with Crippen LogP contribution >= 0.6 is 11.8 Å². The van der Waals surface area contributed by atoms with E-state index in [4.69, 9.17) is 4.42 Å². The molecule has 1 unspecified atom stereocenters. The van der Waals surface area contributed by atoms with Crippen molar-refractivity contribution < 1.29 is 22.4 Å². The SMILES string of the molecule is CCN(CC)S(=O)(=O)c1ccc(-c2ccc(/C=N/N=C3\NC(=O)C(CC(=O)Cc4ccccc4)S3)o2)cc1. The van der Waals surface area contributed by atoms with Crippen LogP contribution in [-0.2, 0) is 26.0 Å². The van der Waals surface area contributed by atoms with Crippen molar-refractivity contribution in [3.8, 4) is 11.3 Å². The molecule has 0 spiro atoms. The Labute approximate surface area is 226 Å². The number of amides is 1. The van der Waals surface area contributed by atoms with Gasteiger partial charge in [0.1, 0.15) is 17.3 Å². The quantitative estimate of drug-likeness (QED) is 0.282. The minimum absolute atomic E-state index is 0.0181. The fourth-order valence-electron chi connectivity index (χ4n) is 3.91. The van der Waals surface area contributed by atoms with Gasteiger partial charge in [0.2, 0.25) is 15.9 Å². The monoisotopic (exact) mass is 552 g/mol. The Hall–Kier alpha value is -3.54. The van der Waals surface area contributed by atoms with Crippen LogP contribution in [-0.4, -0.2) is 54.1 Å². The Morgan fingerprint density at radius 1 is 1.05 bits per heavy atom. The molecule has 1 aliphatic heterocycles. The number of rotatable bonds is 11. The Kier molecular flexibility index (Phi) is 8.93. The molecule has 3 aromatic rings. The molecule has 1 aliphatic rings. The molecule has 0 saturated carbocycles. The summed E-state index contributed by atoms with van der Waals surface area (Å²) in [4.78, 5) is 24.8. The first kappa shape index (κ1) is 27.5. The first-order valence-electron chi connectivity index (χ1n) is 12.1. The van der Waals surface area contributed by atoms with Crippen LogP contribution in [0.25, 0.3) is 11.3 Å². The summed E-state index contributed by atoms with van der Waals surface area (Å²) in [6.45, 7) is 4.41. The molecule has 38 heavy (non-hydrogen) atoms. The van der Waals surface area contributed by atoms with E-state index in [1.54, 1.807) is 50.2 Å². The van der Waals surface area contributed by atoms with Gasteiger partial charge in [0.15, 0.2) is 5.17 Å². The maximum Gasteiger partial charge on any atom is 0.243 e. The highest BCUT2D eigenvalue weighted by Crippen LogP contribution is 2.25. The van der Waals surface area contributed by atoms with Crippen molar-refractivity contribution in [2.45, 2.75) is 36.8 Å². The highest BCUT2D eigenvalue weighted by molar-refractivity contribution is 8.15. The lowest BCUT2D eigenvalue weighted by Gasteiger charge is -2.18. The number of nitrogens with one attached hydrogen (secondary N) is 1. The molecule has 0 radical (unpaired) electrons. The number of carbonyl (C=O) groups excluding carboxylic acids is 2. The van der Waals surface area contributed by atoms with Gasteiger partial charge < -0.3 is 9.73 Å². The van der Waals surface area contributed by atoms with E-state index in [9.17, 15) is 18.0 Å². The summed E-state index contributed by atoms with van der Waals surface area (Å²) in [6.07, 6.45) is 1.81. The Balaban J connectivity index is 1.34. The van der Waals surface area contributed by atoms with Gasteiger partial charge in [-0.25, -0.2) is 8.42 Å². The molecule has 198 valence electrons. The van der Waals surface area contributed by atoms with Gasteiger partial charge in [-0.1, -0.05) is 55.9 Å². The smallest absolute Gasteiger partial charge is 0.243 e. The van der Waals surface area contributed by atoms with E-state index in [1.165, 1.54) is 22.3 Å². The molecule has 1 N–H and O–H groups in total. The molecular formula is C27H28N4O5S2. The van der Waals surface area contributed by atoms with Gasteiger partial charge in [-0.3, -0.25) is 9.59 Å². The summed E-state index contributed by atoms with van der Waals surface area (Å²) >= 11 is 1.17. The molecular weight excluding hydrogens is 524 g/mol.